The second-order valence-corrected chi connectivity index (χ2v) is 7.47. The van der Waals surface area contributed by atoms with Gasteiger partial charge in [-0.1, -0.05) is 12.8 Å². The summed E-state index contributed by atoms with van der Waals surface area (Å²) in [7, 11) is 0. The number of hydrogen-bond donors (Lipinski definition) is 3. The zero-order valence-corrected chi connectivity index (χ0v) is 16.9. The van der Waals surface area contributed by atoms with Crippen molar-refractivity contribution in [3.05, 3.63) is 46.5 Å². The van der Waals surface area contributed by atoms with E-state index in [9.17, 15) is 9.59 Å². The van der Waals surface area contributed by atoms with Crippen molar-refractivity contribution >= 4 is 34.3 Å². The summed E-state index contributed by atoms with van der Waals surface area (Å²) in [5, 5.41) is 6.92. The number of hydrogen-bond acceptors (Lipinski definition) is 8. The van der Waals surface area contributed by atoms with Crippen molar-refractivity contribution in [1.29, 1.82) is 0 Å². The molecular formula is C21H25N7O2. The van der Waals surface area contributed by atoms with E-state index in [1.807, 2.05) is 12.1 Å². The maximum Gasteiger partial charge on any atom is 0.263 e. The number of anilines is 3. The predicted molar refractivity (Wildman–Crippen MR) is 116 cm³/mol. The highest BCUT2D eigenvalue weighted by Gasteiger charge is 2.23. The van der Waals surface area contributed by atoms with Crippen LogP contribution >= 0.6 is 0 Å². The Balaban J connectivity index is 1.70. The number of aromatic nitrogens is 4. The number of nitrogens with two attached hydrogens (primary N) is 1. The molecule has 0 bridgehead atoms. The van der Waals surface area contributed by atoms with Crippen LogP contribution in [0.15, 0.2) is 35.4 Å². The van der Waals surface area contributed by atoms with Gasteiger partial charge in [-0.15, -0.1) is 0 Å². The predicted octanol–water partition coefficient (Wildman–Crippen LogP) is 2.62. The number of carbonyl (C=O) groups excluding carboxylic acids is 1. The lowest BCUT2D eigenvalue weighted by molar-refractivity contribution is 0.101. The lowest BCUT2D eigenvalue weighted by Crippen LogP contribution is -2.29. The number of carbonyl (C=O) groups is 1. The number of ketones is 1. The summed E-state index contributed by atoms with van der Waals surface area (Å²) in [5.74, 6) is 0.686. The van der Waals surface area contributed by atoms with Crippen LogP contribution in [-0.2, 0) is 0 Å². The highest BCUT2D eigenvalue weighted by Crippen LogP contribution is 2.31. The fourth-order valence-corrected chi connectivity index (χ4v) is 3.84. The second kappa shape index (κ2) is 8.58. The third-order valence-electron chi connectivity index (χ3n) is 5.32. The molecule has 4 N–H and O–H groups in total. The minimum absolute atomic E-state index is 0.0491. The maximum absolute atomic E-state index is 13.0. The molecule has 0 unspecified atom stereocenters. The molecule has 0 aliphatic heterocycles. The Morgan fingerprint density at radius 2 is 2.03 bits per heavy atom. The second-order valence-electron chi connectivity index (χ2n) is 7.47. The van der Waals surface area contributed by atoms with Crippen LogP contribution in [0.4, 0.5) is 17.5 Å². The summed E-state index contributed by atoms with van der Waals surface area (Å²) in [5.41, 5.74) is 6.81. The van der Waals surface area contributed by atoms with Gasteiger partial charge in [0.1, 0.15) is 11.5 Å². The summed E-state index contributed by atoms with van der Waals surface area (Å²) in [6.45, 7) is 2.62. The molecular weight excluding hydrogens is 382 g/mol. The van der Waals surface area contributed by atoms with Crippen molar-refractivity contribution in [3.8, 4) is 0 Å². The first-order valence-corrected chi connectivity index (χ1v) is 10.2. The molecule has 30 heavy (non-hydrogen) atoms. The molecule has 3 aromatic heterocycles. The molecule has 1 aliphatic carbocycles. The Bertz CT molecular complexity index is 1120. The molecule has 0 saturated heterocycles. The minimum Gasteiger partial charge on any atom is -0.383 e. The van der Waals surface area contributed by atoms with Gasteiger partial charge in [0.05, 0.1) is 17.4 Å². The quantitative estimate of drug-likeness (QED) is 0.510. The van der Waals surface area contributed by atoms with E-state index in [1.165, 1.54) is 6.92 Å². The van der Waals surface area contributed by atoms with Crippen molar-refractivity contribution in [2.24, 2.45) is 5.73 Å². The van der Waals surface area contributed by atoms with E-state index in [1.54, 1.807) is 23.0 Å². The van der Waals surface area contributed by atoms with Crippen LogP contribution in [0.3, 0.4) is 0 Å². The summed E-state index contributed by atoms with van der Waals surface area (Å²) in [4.78, 5) is 38.3. The van der Waals surface area contributed by atoms with Crippen molar-refractivity contribution in [2.45, 2.75) is 38.6 Å². The van der Waals surface area contributed by atoms with E-state index < -0.39 is 0 Å². The molecule has 9 heteroatoms. The minimum atomic E-state index is -0.278. The zero-order chi connectivity index (χ0) is 21.1. The smallest absolute Gasteiger partial charge is 0.263 e. The van der Waals surface area contributed by atoms with E-state index in [2.05, 4.69) is 25.6 Å². The molecule has 0 radical (unpaired) electrons. The Kier molecular flexibility index (Phi) is 5.71. The van der Waals surface area contributed by atoms with Crippen LogP contribution in [0.2, 0.25) is 0 Å². The first-order chi connectivity index (χ1) is 14.6. The number of fused-ring (bicyclic) bond motifs is 1. The molecule has 0 spiro atoms. The molecule has 1 aliphatic rings. The van der Waals surface area contributed by atoms with E-state index >= 15 is 0 Å². The zero-order valence-electron chi connectivity index (χ0n) is 16.9. The Morgan fingerprint density at radius 1 is 1.23 bits per heavy atom. The van der Waals surface area contributed by atoms with Crippen LogP contribution in [0.1, 0.15) is 49.0 Å². The number of rotatable bonds is 7. The normalized spacial score (nSPS) is 14.2. The molecule has 0 atom stereocenters. The fourth-order valence-electron chi connectivity index (χ4n) is 3.84. The topological polar surface area (TPSA) is 128 Å². The average Bonchev–Trinajstić information content (AvgIpc) is 3.27. The highest BCUT2D eigenvalue weighted by atomic mass is 16.1. The molecule has 3 aromatic rings. The monoisotopic (exact) mass is 407 g/mol. The SMILES string of the molecule is CC(=O)c1cc2cnc(Nc3ccc(NCCN)cn3)nc2n(C2CCCC2)c1=O. The standard InChI is InChI=1S/C21H25N7O2/c1-13(29)17-10-14-11-25-21(26-18-7-6-15(12-24-18)23-9-8-22)27-19(14)28(20(17)30)16-4-2-3-5-16/h6-7,10-12,16,23H,2-5,8-9,22H2,1H3,(H,24,25,26,27). The van der Waals surface area contributed by atoms with Crippen LogP contribution in [0.5, 0.6) is 0 Å². The van der Waals surface area contributed by atoms with E-state index in [0.717, 1.165) is 31.4 Å². The van der Waals surface area contributed by atoms with Gasteiger partial charge in [-0.05, 0) is 38.0 Å². The fraction of sp³-hybridized carbons (Fsp3) is 0.381. The lowest BCUT2D eigenvalue weighted by Gasteiger charge is -2.17. The maximum atomic E-state index is 13.0. The number of pyridine rings is 2. The van der Waals surface area contributed by atoms with Crippen LogP contribution in [-0.4, -0.2) is 38.4 Å². The third-order valence-corrected chi connectivity index (χ3v) is 5.32. The molecule has 0 amide bonds. The number of Topliss-reactive ketones (excluding diaryl/α,β-unsaturated/α-hetero) is 1. The van der Waals surface area contributed by atoms with Gasteiger partial charge < -0.3 is 16.4 Å². The molecule has 0 aromatic carbocycles. The van der Waals surface area contributed by atoms with Gasteiger partial charge in [-0.25, -0.2) is 9.97 Å². The van der Waals surface area contributed by atoms with E-state index in [0.29, 0.717) is 35.9 Å². The van der Waals surface area contributed by atoms with Gasteiger partial charge in [0.15, 0.2) is 5.78 Å². The van der Waals surface area contributed by atoms with Crippen molar-refractivity contribution in [3.63, 3.8) is 0 Å². The summed E-state index contributed by atoms with van der Waals surface area (Å²) < 4.78 is 1.68. The van der Waals surface area contributed by atoms with Crippen molar-refractivity contribution < 1.29 is 4.79 Å². The molecule has 3 heterocycles. The largest absolute Gasteiger partial charge is 0.383 e. The van der Waals surface area contributed by atoms with Gasteiger partial charge in [-0.2, -0.15) is 4.98 Å². The average molecular weight is 407 g/mol. The van der Waals surface area contributed by atoms with Gasteiger partial charge in [0.25, 0.3) is 5.56 Å². The van der Waals surface area contributed by atoms with Gasteiger partial charge >= 0.3 is 0 Å². The van der Waals surface area contributed by atoms with Gasteiger partial charge in [0.2, 0.25) is 5.95 Å². The first kappa shape index (κ1) is 20.0. The molecule has 4 rings (SSSR count). The van der Waals surface area contributed by atoms with Crippen LogP contribution < -0.4 is 21.9 Å². The van der Waals surface area contributed by atoms with Crippen molar-refractivity contribution in [1.82, 2.24) is 19.5 Å². The Morgan fingerprint density at radius 3 is 2.70 bits per heavy atom. The molecule has 1 fully saturated rings. The summed E-state index contributed by atoms with van der Waals surface area (Å²) >= 11 is 0. The number of nitrogens with zero attached hydrogens (tertiary/aromatic N) is 4. The van der Waals surface area contributed by atoms with Gasteiger partial charge in [-0.3, -0.25) is 14.2 Å². The Hall–Kier alpha value is -3.33. The third kappa shape index (κ3) is 4.02. The van der Waals surface area contributed by atoms with Crippen LogP contribution in [0, 0.1) is 0 Å². The number of nitrogens with one attached hydrogen (secondary N) is 2. The molecule has 1 saturated carbocycles. The Labute approximate surface area is 173 Å². The summed E-state index contributed by atoms with van der Waals surface area (Å²) in [6, 6.07) is 5.34. The van der Waals surface area contributed by atoms with E-state index in [4.69, 9.17) is 5.73 Å². The molecule has 156 valence electrons. The first-order valence-electron chi connectivity index (χ1n) is 10.2. The summed E-state index contributed by atoms with van der Waals surface area (Å²) in [6.07, 6.45) is 7.27. The lowest BCUT2D eigenvalue weighted by atomic mass is 10.1. The van der Waals surface area contributed by atoms with Crippen molar-refractivity contribution in [2.75, 3.05) is 23.7 Å². The van der Waals surface area contributed by atoms with Gasteiger partial charge in [0, 0.05) is 30.7 Å². The van der Waals surface area contributed by atoms with E-state index in [-0.39, 0.29) is 22.9 Å². The van der Waals surface area contributed by atoms with Crippen LogP contribution in [0.25, 0.3) is 11.0 Å². The highest BCUT2D eigenvalue weighted by molar-refractivity contribution is 5.96. The molecule has 9 nitrogen and oxygen atoms in total.